The summed E-state index contributed by atoms with van der Waals surface area (Å²) < 4.78 is 8.90. The molecular weight excluding hydrogens is 162 g/mol. The van der Waals surface area contributed by atoms with E-state index in [0.717, 1.165) is 0 Å². The Morgan fingerprint density at radius 3 is 2.50 bits per heavy atom. The van der Waals surface area contributed by atoms with E-state index in [1.165, 1.54) is 6.92 Å². The van der Waals surface area contributed by atoms with Crippen LogP contribution in [0.1, 0.15) is 19.8 Å². The Hall–Kier alpha value is -1.10. The van der Waals surface area contributed by atoms with E-state index in [1.54, 1.807) is 0 Å². The summed E-state index contributed by atoms with van der Waals surface area (Å²) in [6.45, 7) is 1.38. The Kier molecular flexibility index (Phi) is 6.00. The third-order valence-electron chi connectivity index (χ3n) is 1.07. The van der Waals surface area contributed by atoms with E-state index in [1.807, 2.05) is 0 Å². The van der Waals surface area contributed by atoms with Gasteiger partial charge in [-0.05, 0) is 13.0 Å². The minimum Gasteiger partial charge on any atom is -0.428 e. The van der Waals surface area contributed by atoms with E-state index in [-0.39, 0.29) is 13.2 Å². The summed E-state index contributed by atoms with van der Waals surface area (Å²) in [5.74, 6) is -0.872. The van der Waals surface area contributed by atoms with Gasteiger partial charge >= 0.3 is 11.9 Å². The van der Waals surface area contributed by atoms with E-state index < -0.39 is 11.9 Å². The monoisotopic (exact) mass is 175 g/mol. The second-order valence-electron chi connectivity index (χ2n) is 2.16. The average Bonchev–Trinajstić information content (AvgIpc) is 2.00. The van der Waals surface area contributed by atoms with Crippen molar-refractivity contribution in [2.75, 3.05) is 13.3 Å². The molecular formula is C7H13NO4. The van der Waals surface area contributed by atoms with Crippen LogP contribution in [0.3, 0.4) is 0 Å². The van der Waals surface area contributed by atoms with Crippen molar-refractivity contribution in [1.29, 1.82) is 0 Å². The van der Waals surface area contributed by atoms with Gasteiger partial charge in [0.25, 0.3) is 0 Å². The van der Waals surface area contributed by atoms with Gasteiger partial charge in [-0.2, -0.15) is 0 Å². The maximum Gasteiger partial charge on any atom is 0.308 e. The van der Waals surface area contributed by atoms with Crippen LogP contribution in [0.2, 0.25) is 0 Å². The molecule has 0 aromatic rings. The van der Waals surface area contributed by atoms with Gasteiger partial charge in [-0.15, -0.1) is 0 Å². The van der Waals surface area contributed by atoms with Crippen LogP contribution in [0.15, 0.2) is 0 Å². The highest BCUT2D eigenvalue weighted by atomic mass is 16.7. The Bertz CT molecular complexity index is 157. The molecule has 0 aromatic heterocycles. The average molecular weight is 175 g/mol. The van der Waals surface area contributed by atoms with Gasteiger partial charge in [-0.25, -0.2) is 0 Å². The van der Waals surface area contributed by atoms with Gasteiger partial charge in [-0.1, -0.05) is 0 Å². The molecule has 0 aromatic carbocycles. The number of hydrogen-bond acceptors (Lipinski definition) is 5. The Labute approximate surface area is 70.8 Å². The van der Waals surface area contributed by atoms with Crippen molar-refractivity contribution in [3.05, 3.63) is 0 Å². The summed E-state index contributed by atoms with van der Waals surface area (Å²) in [6.07, 6.45) is 0.844. The van der Waals surface area contributed by atoms with Crippen molar-refractivity contribution in [3.8, 4) is 0 Å². The van der Waals surface area contributed by atoms with E-state index in [0.29, 0.717) is 13.0 Å². The number of ether oxygens (including phenoxy) is 2. The molecule has 0 saturated heterocycles. The fourth-order valence-electron chi connectivity index (χ4n) is 0.497. The van der Waals surface area contributed by atoms with Gasteiger partial charge in [0.1, 0.15) is 0 Å². The summed E-state index contributed by atoms with van der Waals surface area (Å²) >= 11 is 0. The predicted octanol–water partition coefficient (Wildman–Crippen LogP) is -0.211. The van der Waals surface area contributed by atoms with E-state index in [4.69, 9.17) is 5.73 Å². The largest absolute Gasteiger partial charge is 0.428 e. The van der Waals surface area contributed by atoms with Crippen molar-refractivity contribution in [2.24, 2.45) is 5.73 Å². The van der Waals surface area contributed by atoms with Crippen LogP contribution in [0.4, 0.5) is 0 Å². The number of nitrogens with two attached hydrogens (primary N) is 1. The van der Waals surface area contributed by atoms with Crippen molar-refractivity contribution in [3.63, 3.8) is 0 Å². The smallest absolute Gasteiger partial charge is 0.308 e. The molecule has 5 nitrogen and oxygen atoms in total. The molecule has 2 N–H and O–H groups in total. The van der Waals surface area contributed by atoms with Gasteiger partial charge in [0.05, 0.1) is 0 Å². The number of carbonyl (C=O) groups excluding carboxylic acids is 2. The molecule has 0 heterocycles. The number of carbonyl (C=O) groups is 2. The molecule has 0 amide bonds. The molecule has 0 radical (unpaired) electrons. The third-order valence-corrected chi connectivity index (χ3v) is 1.07. The Morgan fingerprint density at radius 2 is 2.00 bits per heavy atom. The van der Waals surface area contributed by atoms with Crippen molar-refractivity contribution >= 4 is 11.9 Å². The number of hydrogen-bond donors (Lipinski definition) is 1. The zero-order valence-electron chi connectivity index (χ0n) is 7.04. The van der Waals surface area contributed by atoms with Gasteiger partial charge in [0, 0.05) is 13.3 Å². The standard InChI is InChI=1S/C7H13NO4/c1-6(9)11-5-12-7(10)3-2-4-8/h2-5,8H2,1H3. The lowest BCUT2D eigenvalue weighted by Gasteiger charge is -2.03. The molecule has 0 aliphatic carbocycles. The second kappa shape index (κ2) is 6.60. The molecule has 0 aliphatic heterocycles. The molecule has 0 unspecified atom stereocenters. The number of rotatable bonds is 5. The van der Waals surface area contributed by atoms with E-state index >= 15 is 0 Å². The summed E-state index contributed by atoms with van der Waals surface area (Å²) in [6, 6.07) is 0. The maximum absolute atomic E-state index is 10.7. The first-order chi connectivity index (χ1) is 5.66. The highest BCUT2D eigenvalue weighted by Crippen LogP contribution is 1.91. The van der Waals surface area contributed by atoms with Gasteiger partial charge in [-0.3, -0.25) is 9.59 Å². The van der Waals surface area contributed by atoms with Crippen LogP contribution in [-0.4, -0.2) is 25.3 Å². The molecule has 0 bridgehead atoms. The normalized spacial score (nSPS) is 9.17. The molecule has 0 fully saturated rings. The van der Waals surface area contributed by atoms with E-state index in [2.05, 4.69) is 9.47 Å². The number of esters is 2. The first kappa shape index (κ1) is 10.9. The molecule has 0 saturated carbocycles. The van der Waals surface area contributed by atoms with Gasteiger partial charge < -0.3 is 15.2 Å². The Balaban J connectivity index is 3.25. The SMILES string of the molecule is CC(=O)OCOC(=O)CCCN. The van der Waals surface area contributed by atoms with Crippen molar-refractivity contribution in [2.45, 2.75) is 19.8 Å². The van der Waals surface area contributed by atoms with Gasteiger partial charge in [0.15, 0.2) is 0 Å². The molecule has 70 valence electrons. The first-order valence-electron chi connectivity index (χ1n) is 3.66. The summed E-state index contributed by atoms with van der Waals surface area (Å²) in [4.78, 5) is 20.9. The maximum atomic E-state index is 10.7. The minimum absolute atomic E-state index is 0.262. The quantitative estimate of drug-likeness (QED) is 0.462. The van der Waals surface area contributed by atoms with Crippen LogP contribution in [0, 0.1) is 0 Å². The third kappa shape index (κ3) is 7.01. The van der Waals surface area contributed by atoms with Crippen LogP contribution in [-0.2, 0) is 19.1 Å². The van der Waals surface area contributed by atoms with Gasteiger partial charge in [0.2, 0.25) is 6.79 Å². The first-order valence-corrected chi connectivity index (χ1v) is 3.66. The van der Waals surface area contributed by atoms with Crippen LogP contribution in [0.5, 0.6) is 0 Å². The predicted molar refractivity (Wildman–Crippen MR) is 41.0 cm³/mol. The summed E-state index contributed by atoms with van der Waals surface area (Å²) in [5, 5.41) is 0. The molecule has 0 spiro atoms. The highest BCUT2D eigenvalue weighted by Gasteiger charge is 2.01. The summed E-state index contributed by atoms with van der Waals surface area (Å²) in [5.41, 5.74) is 5.16. The lowest BCUT2D eigenvalue weighted by molar-refractivity contribution is -0.165. The molecule has 12 heavy (non-hydrogen) atoms. The summed E-state index contributed by atoms with van der Waals surface area (Å²) in [7, 11) is 0. The fourth-order valence-corrected chi connectivity index (χ4v) is 0.497. The van der Waals surface area contributed by atoms with Crippen LogP contribution < -0.4 is 5.73 Å². The zero-order valence-corrected chi connectivity index (χ0v) is 7.04. The van der Waals surface area contributed by atoms with E-state index in [9.17, 15) is 9.59 Å². The van der Waals surface area contributed by atoms with Crippen molar-refractivity contribution in [1.82, 2.24) is 0 Å². The minimum atomic E-state index is -0.471. The lowest BCUT2D eigenvalue weighted by atomic mass is 10.3. The Morgan fingerprint density at radius 1 is 1.33 bits per heavy atom. The zero-order chi connectivity index (χ0) is 9.40. The van der Waals surface area contributed by atoms with Crippen molar-refractivity contribution < 1.29 is 19.1 Å². The van der Waals surface area contributed by atoms with Crippen LogP contribution in [0.25, 0.3) is 0 Å². The highest BCUT2D eigenvalue weighted by molar-refractivity contribution is 5.69. The molecule has 0 atom stereocenters. The topological polar surface area (TPSA) is 78.6 Å². The molecule has 5 heteroatoms. The fraction of sp³-hybridized carbons (Fsp3) is 0.714. The van der Waals surface area contributed by atoms with Crippen LogP contribution >= 0.6 is 0 Å². The lowest BCUT2D eigenvalue weighted by Crippen LogP contribution is -2.12. The molecule has 0 aliphatic rings. The molecule has 0 rings (SSSR count). The second-order valence-corrected chi connectivity index (χ2v) is 2.16.